The number of nitrogens with zero attached hydrogens (tertiary/aromatic N) is 2. The summed E-state index contributed by atoms with van der Waals surface area (Å²) < 4.78 is 7.69. The fraction of sp³-hybridized carbons (Fsp3) is 0. The van der Waals surface area contributed by atoms with Gasteiger partial charge in [0.05, 0.1) is 32.8 Å². The van der Waals surface area contributed by atoms with Gasteiger partial charge < -0.3 is 9.47 Å². The lowest BCUT2D eigenvalue weighted by Gasteiger charge is -2.28. The second-order valence-corrected chi connectivity index (χ2v) is 16.9. The molecule has 0 spiro atoms. The van der Waals surface area contributed by atoms with Crippen molar-refractivity contribution in [3.8, 4) is 27.9 Å². The molecule has 272 valence electrons. The van der Waals surface area contributed by atoms with E-state index in [1.54, 1.807) is 0 Å². The quantitative estimate of drug-likeness (QED) is 0.163. The van der Waals surface area contributed by atoms with E-state index in [1.807, 2.05) is 22.7 Å². The second-order valence-electron chi connectivity index (χ2n) is 14.8. The Morgan fingerprint density at radius 1 is 0.345 bits per heavy atom. The topological polar surface area (TPSA) is 8.17 Å². The first-order chi connectivity index (χ1) is 28.8. The number of hydrogen-bond acceptors (Lipinski definition) is 3. The van der Waals surface area contributed by atoms with E-state index in [4.69, 9.17) is 0 Å². The van der Waals surface area contributed by atoms with Gasteiger partial charge in [-0.2, -0.15) is 0 Å². The average molecular weight is 775 g/mol. The minimum Gasteiger partial charge on any atom is -0.309 e. The van der Waals surface area contributed by atoms with Crippen molar-refractivity contribution in [2.75, 3.05) is 4.90 Å². The Kier molecular flexibility index (Phi) is 7.62. The molecule has 9 aromatic carbocycles. The van der Waals surface area contributed by atoms with Gasteiger partial charge in [0, 0.05) is 68.8 Å². The number of aromatic nitrogens is 1. The van der Waals surface area contributed by atoms with E-state index in [2.05, 4.69) is 216 Å². The van der Waals surface area contributed by atoms with Gasteiger partial charge in [0.1, 0.15) is 0 Å². The minimum atomic E-state index is 1.11. The van der Waals surface area contributed by atoms with E-state index in [-0.39, 0.29) is 0 Å². The van der Waals surface area contributed by atoms with Gasteiger partial charge in [-0.1, -0.05) is 158 Å². The van der Waals surface area contributed by atoms with Gasteiger partial charge in [-0.25, -0.2) is 0 Å². The normalized spacial score (nSPS) is 11.8. The molecule has 12 rings (SSSR count). The molecule has 0 amide bonds. The van der Waals surface area contributed by atoms with Crippen LogP contribution in [0.15, 0.2) is 206 Å². The molecule has 0 bridgehead atoms. The monoisotopic (exact) mass is 774 g/mol. The van der Waals surface area contributed by atoms with Crippen LogP contribution in [0, 0.1) is 0 Å². The van der Waals surface area contributed by atoms with Gasteiger partial charge >= 0.3 is 0 Å². The van der Waals surface area contributed by atoms with Crippen LogP contribution < -0.4 is 4.90 Å². The van der Waals surface area contributed by atoms with E-state index in [1.165, 1.54) is 95.8 Å². The van der Waals surface area contributed by atoms with Crippen LogP contribution in [-0.2, 0) is 0 Å². The second kappa shape index (κ2) is 13.3. The van der Waals surface area contributed by atoms with Crippen molar-refractivity contribution in [3.05, 3.63) is 206 Å². The molecule has 0 aliphatic heterocycles. The van der Waals surface area contributed by atoms with Gasteiger partial charge in [0.25, 0.3) is 0 Å². The molecular weight excluding hydrogens is 741 g/mol. The Hall–Kier alpha value is -6.98. The highest BCUT2D eigenvalue weighted by atomic mass is 32.1. The number of hydrogen-bond donors (Lipinski definition) is 0. The Bertz CT molecular complexity index is 3530. The number of benzene rings is 9. The zero-order chi connectivity index (χ0) is 38.2. The summed E-state index contributed by atoms with van der Waals surface area (Å²) in [7, 11) is 0. The predicted octanol–water partition coefficient (Wildman–Crippen LogP) is 16.3. The minimum absolute atomic E-state index is 1.11. The zero-order valence-electron chi connectivity index (χ0n) is 31.3. The number of rotatable bonds is 6. The Morgan fingerprint density at radius 3 is 1.71 bits per heavy atom. The Labute approximate surface area is 343 Å². The summed E-state index contributed by atoms with van der Waals surface area (Å²) in [5, 5.41) is 7.65. The van der Waals surface area contributed by atoms with E-state index in [0.717, 1.165) is 11.4 Å². The fourth-order valence-electron chi connectivity index (χ4n) is 9.06. The molecule has 2 nitrogen and oxygen atoms in total. The van der Waals surface area contributed by atoms with Crippen LogP contribution in [-0.4, -0.2) is 4.57 Å². The first-order valence-corrected chi connectivity index (χ1v) is 21.3. The first-order valence-electron chi connectivity index (χ1n) is 19.7. The van der Waals surface area contributed by atoms with Crippen LogP contribution in [0.4, 0.5) is 17.1 Å². The van der Waals surface area contributed by atoms with Crippen molar-refractivity contribution < 1.29 is 0 Å². The molecule has 0 radical (unpaired) electrons. The molecule has 0 aliphatic rings. The van der Waals surface area contributed by atoms with Crippen LogP contribution in [0.25, 0.3) is 90.1 Å². The van der Waals surface area contributed by atoms with Gasteiger partial charge in [-0.3, -0.25) is 0 Å². The van der Waals surface area contributed by atoms with Crippen molar-refractivity contribution in [2.45, 2.75) is 0 Å². The molecule has 3 aromatic heterocycles. The largest absolute Gasteiger partial charge is 0.309 e. The lowest BCUT2D eigenvalue weighted by Crippen LogP contribution is -2.11. The van der Waals surface area contributed by atoms with Crippen molar-refractivity contribution in [3.63, 3.8) is 0 Å². The number of anilines is 3. The average Bonchev–Trinajstić information content (AvgIpc) is 3.97. The van der Waals surface area contributed by atoms with Crippen LogP contribution in [0.2, 0.25) is 0 Å². The zero-order valence-corrected chi connectivity index (χ0v) is 33.0. The van der Waals surface area contributed by atoms with Crippen molar-refractivity contribution >= 4 is 102 Å². The smallest absolute Gasteiger partial charge is 0.0640 e. The molecule has 0 aliphatic carbocycles. The fourth-order valence-corrected chi connectivity index (χ4v) is 11.5. The molecule has 0 saturated heterocycles. The highest BCUT2D eigenvalue weighted by Crippen LogP contribution is 2.49. The summed E-state index contributed by atoms with van der Waals surface area (Å²) >= 11 is 3.76. The van der Waals surface area contributed by atoms with Gasteiger partial charge in [0.15, 0.2) is 0 Å². The maximum Gasteiger partial charge on any atom is 0.0640 e. The predicted molar refractivity (Wildman–Crippen MR) is 252 cm³/mol. The molecule has 0 fully saturated rings. The highest BCUT2D eigenvalue weighted by molar-refractivity contribution is 7.26. The van der Waals surface area contributed by atoms with Crippen LogP contribution >= 0.6 is 22.7 Å². The van der Waals surface area contributed by atoms with E-state index in [9.17, 15) is 0 Å². The molecular formula is C54H34N2S2. The SMILES string of the molecule is c1ccc(-c2ccccc2N(c2ccc3c4ccccc4n(-c4ccccc4-c4cccc5c4sc4ccccc45)c3c2)c2cccc3c2sc2ccccc23)cc1. The molecule has 0 saturated carbocycles. The van der Waals surface area contributed by atoms with Crippen molar-refractivity contribution in [2.24, 2.45) is 0 Å². The molecule has 12 aromatic rings. The van der Waals surface area contributed by atoms with Crippen molar-refractivity contribution in [1.82, 2.24) is 4.57 Å². The lowest BCUT2D eigenvalue weighted by atomic mass is 10.0. The third-order valence-electron chi connectivity index (χ3n) is 11.6. The Balaban J connectivity index is 1.15. The summed E-state index contributed by atoms with van der Waals surface area (Å²) in [5.74, 6) is 0. The number of fused-ring (bicyclic) bond motifs is 9. The van der Waals surface area contributed by atoms with E-state index < -0.39 is 0 Å². The Morgan fingerprint density at radius 2 is 0.897 bits per heavy atom. The molecule has 4 heteroatoms. The van der Waals surface area contributed by atoms with E-state index in [0.29, 0.717) is 0 Å². The van der Waals surface area contributed by atoms with Crippen LogP contribution in [0.5, 0.6) is 0 Å². The van der Waals surface area contributed by atoms with Gasteiger partial charge in [-0.15, -0.1) is 22.7 Å². The van der Waals surface area contributed by atoms with E-state index >= 15 is 0 Å². The summed E-state index contributed by atoms with van der Waals surface area (Å²) in [6.07, 6.45) is 0. The first kappa shape index (κ1) is 33.2. The third-order valence-corrected chi connectivity index (χ3v) is 14.0. The summed E-state index contributed by atoms with van der Waals surface area (Å²) in [6.45, 7) is 0. The van der Waals surface area contributed by atoms with Gasteiger partial charge in [0.2, 0.25) is 0 Å². The summed E-state index contributed by atoms with van der Waals surface area (Å²) in [6, 6.07) is 75.6. The number of para-hydroxylation sites is 3. The van der Waals surface area contributed by atoms with Crippen LogP contribution in [0.3, 0.4) is 0 Å². The molecule has 0 unspecified atom stereocenters. The van der Waals surface area contributed by atoms with Gasteiger partial charge in [-0.05, 0) is 54.1 Å². The lowest BCUT2D eigenvalue weighted by molar-refractivity contribution is 1.18. The maximum absolute atomic E-state index is 2.50. The summed E-state index contributed by atoms with van der Waals surface area (Å²) in [4.78, 5) is 2.49. The summed E-state index contributed by atoms with van der Waals surface area (Å²) in [5.41, 5.74) is 11.8. The highest BCUT2D eigenvalue weighted by Gasteiger charge is 2.24. The van der Waals surface area contributed by atoms with Crippen molar-refractivity contribution in [1.29, 1.82) is 0 Å². The molecule has 0 atom stereocenters. The molecule has 58 heavy (non-hydrogen) atoms. The molecule has 3 heterocycles. The number of thiophene rings is 2. The molecule has 0 N–H and O–H groups in total. The third kappa shape index (κ3) is 5.09. The maximum atomic E-state index is 2.50. The van der Waals surface area contributed by atoms with Crippen LogP contribution in [0.1, 0.15) is 0 Å². The standard InChI is InChI=1S/C54H34N2S2/c1-2-16-35(17-3-1)37-18-4-9-26-46(37)55(49-29-15-25-45-42-22-8-13-31-52(42)58-54(45)49)36-32-33-40-38-19-5-10-27-47(38)56(50(40)34-36)48-28-11-6-20-39(48)43-23-14-24-44-41-21-7-12-30-51(41)57-53(43)44/h1-34H.